The van der Waals surface area contributed by atoms with Crippen LogP contribution in [0.15, 0.2) is 18.2 Å². The first-order valence-electron chi connectivity index (χ1n) is 6.16. The van der Waals surface area contributed by atoms with Gasteiger partial charge in [-0.2, -0.15) is 0 Å². The van der Waals surface area contributed by atoms with Gasteiger partial charge < -0.3 is 21.1 Å². The molecule has 1 fully saturated rings. The highest BCUT2D eigenvalue weighted by atomic mass is 16.5. The highest BCUT2D eigenvalue weighted by Gasteiger charge is 2.26. The van der Waals surface area contributed by atoms with Crippen LogP contribution in [0.3, 0.4) is 0 Å². The van der Waals surface area contributed by atoms with Gasteiger partial charge in [0, 0.05) is 23.5 Å². The minimum Gasteiger partial charge on any atom is -0.399 e. The molecule has 0 bridgehead atoms. The van der Waals surface area contributed by atoms with Gasteiger partial charge in [0.15, 0.2) is 0 Å². The molecule has 1 heterocycles. The Morgan fingerprint density at radius 3 is 2.67 bits per heavy atom. The fourth-order valence-corrected chi connectivity index (χ4v) is 2.23. The maximum atomic E-state index is 12.4. The monoisotopic (exact) mass is 249 g/mol. The van der Waals surface area contributed by atoms with E-state index in [9.17, 15) is 4.79 Å². The van der Waals surface area contributed by atoms with Crippen LogP contribution < -0.4 is 11.5 Å². The molecule has 1 aliphatic heterocycles. The van der Waals surface area contributed by atoms with Crippen molar-refractivity contribution < 1.29 is 9.53 Å². The normalized spacial score (nSPS) is 19.8. The molecule has 0 aromatic heterocycles. The summed E-state index contributed by atoms with van der Waals surface area (Å²) in [6.45, 7) is 3.85. The molecule has 4 N–H and O–H groups in total. The number of amides is 1. The van der Waals surface area contributed by atoms with E-state index in [2.05, 4.69) is 0 Å². The van der Waals surface area contributed by atoms with E-state index in [1.165, 1.54) is 0 Å². The zero-order valence-corrected chi connectivity index (χ0v) is 10.6. The molecule has 5 heteroatoms. The number of carbonyl (C=O) groups excluding carboxylic acids is 1. The van der Waals surface area contributed by atoms with Crippen LogP contribution in [-0.2, 0) is 4.74 Å². The number of morpholine rings is 1. The van der Waals surface area contributed by atoms with E-state index in [1.807, 2.05) is 11.8 Å². The summed E-state index contributed by atoms with van der Waals surface area (Å²) in [6.07, 6.45) is 0.879. The molecule has 1 amide bonds. The summed E-state index contributed by atoms with van der Waals surface area (Å²) in [7, 11) is 0. The van der Waals surface area contributed by atoms with E-state index >= 15 is 0 Å². The molecular formula is C13H19N3O2. The number of anilines is 2. The van der Waals surface area contributed by atoms with Gasteiger partial charge in [-0.25, -0.2) is 0 Å². The second kappa shape index (κ2) is 5.27. The molecule has 1 aromatic carbocycles. The van der Waals surface area contributed by atoms with Gasteiger partial charge in [0.2, 0.25) is 0 Å². The highest BCUT2D eigenvalue weighted by Crippen LogP contribution is 2.19. The first-order valence-corrected chi connectivity index (χ1v) is 6.16. The Bertz CT molecular complexity index is 428. The molecule has 0 radical (unpaired) electrons. The van der Waals surface area contributed by atoms with Crippen LogP contribution >= 0.6 is 0 Å². The summed E-state index contributed by atoms with van der Waals surface area (Å²) >= 11 is 0. The maximum Gasteiger partial charge on any atom is 0.254 e. The molecule has 1 aliphatic rings. The van der Waals surface area contributed by atoms with E-state index < -0.39 is 0 Å². The minimum absolute atomic E-state index is 0.0239. The molecule has 0 spiro atoms. The lowest BCUT2D eigenvalue weighted by molar-refractivity contribution is -0.00279. The van der Waals surface area contributed by atoms with Gasteiger partial charge in [-0.3, -0.25) is 4.79 Å². The molecule has 18 heavy (non-hydrogen) atoms. The molecule has 5 nitrogen and oxygen atoms in total. The van der Waals surface area contributed by atoms with Crippen LogP contribution in [0.2, 0.25) is 0 Å². The summed E-state index contributed by atoms with van der Waals surface area (Å²) < 4.78 is 5.39. The number of benzene rings is 1. The van der Waals surface area contributed by atoms with Crippen LogP contribution in [-0.4, -0.2) is 36.6 Å². The first-order chi connectivity index (χ1) is 8.61. The summed E-state index contributed by atoms with van der Waals surface area (Å²) in [5.41, 5.74) is 13.0. The highest BCUT2D eigenvalue weighted by molar-refractivity contribution is 5.96. The molecule has 1 saturated heterocycles. The molecule has 2 rings (SSSR count). The van der Waals surface area contributed by atoms with Crippen molar-refractivity contribution in [2.45, 2.75) is 19.4 Å². The Balaban J connectivity index is 2.23. The largest absolute Gasteiger partial charge is 0.399 e. The Labute approximate surface area is 107 Å². The van der Waals surface area contributed by atoms with Gasteiger partial charge in [0.1, 0.15) is 0 Å². The maximum absolute atomic E-state index is 12.4. The van der Waals surface area contributed by atoms with E-state index in [1.54, 1.807) is 18.2 Å². The zero-order valence-electron chi connectivity index (χ0n) is 10.6. The third kappa shape index (κ3) is 2.56. The third-order valence-electron chi connectivity index (χ3n) is 3.18. The van der Waals surface area contributed by atoms with Crippen molar-refractivity contribution in [3.05, 3.63) is 23.8 Å². The lowest BCUT2D eigenvalue weighted by atomic mass is 10.1. The van der Waals surface area contributed by atoms with Crippen LogP contribution in [0.5, 0.6) is 0 Å². The molecule has 1 atom stereocenters. The smallest absolute Gasteiger partial charge is 0.254 e. The number of hydrogen-bond acceptors (Lipinski definition) is 4. The Hall–Kier alpha value is -1.75. The Kier molecular flexibility index (Phi) is 3.72. The molecule has 0 aliphatic carbocycles. The minimum atomic E-state index is -0.0239. The first kappa shape index (κ1) is 12.7. The number of carbonyl (C=O) groups is 1. The summed E-state index contributed by atoms with van der Waals surface area (Å²) in [4.78, 5) is 14.3. The number of hydrogen-bond donors (Lipinski definition) is 2. The van der Waals surface area contributed by atoms with Crippen molar-refractivity contribution in [1.29, 1.82) is 0 Å². The third-order valence-corrected chi connectivity index (χ3v) is 3.18. The Morgan fingerprint density at radius 1 is 1.39 bits per heavy atom. The van der Waals surface area contributed by atoms with Crippen LogP contribution in [0, 0.1) is 0 Å². The summed E-state index contributed by atoms with van der Waals surface area (Å²) in [5, 5.41) is 0. The van der Waals surface area contributed by atoms with Gasteiger partial charge >= 0.3 is 0 Å². The van der Waals surface area contributed by atoms with Gasteiger partial charge in [-0.05, 0) is 24.6 Å². The predicted molar refractivity (Wildman–Crippen MR) is 71.2 cm³/mol. The van der Waals surface area contributed by atoms with Gasteiger partial charge in [-0.15, -0.1) is 0 Å². The quantitative estimate of drug-likeness (QED) is 0.769. The van der Waals surface area contributed by atoms with Crippen molar-refractivity contribution in [3.63, 3.8) is 0 Å². The average Bonchev–Trinajstić information content (AvgIpc) is 2.36. The number of nitrogen functional groups attached to an aromatic ring is 2. The number of nitrogens with zero attached hydrogens (tertiary/aromatic N) is 1. The number of nitrogens with two attached hydrogens (primary N) is 2. The lowest BCUT2D eigenvalue weighted by Gasteiger charge is -2.35. The molecule has 98 valence electrons. The summed E-state index contributed by atoms with van der Waals surface area (Å²) in [5.74, 6) is -0.0239. The van der Waals surface area contributed by atoms with Crippen molar-refractivity contribution in [1.82, 2.24) is 4.90 Å². The SMILES string of the molecule is CCC1COCCN1C(=O)c1cc(N)cc(N)c1. The van der Waals surface area contributed by atoms with Crippen molar-refractivity contribution in [3.8, 4) is 0 Å². The van der Waals surface area contributed by atoms with E-state index in [4.69, 9.17) is 16.2 Å². The fraction of sp³-hybridized carbons (Fsp3) is 0.462. The summed E-state index contributed by atoms with van der Waals surface area (Å²) in [6, 6.07) is 5.11. The van der Waals surface area contributed by atoms with Crippen LogP contribution in [0.4, 0.5) is 11.4 Å². The number of rotatable bonds is 2. The average molecular weight is 249 g/mol. The second-order valence-corrected chi connectivity index (χ2v) is 4.52. The van der Waals surface area contributed by atoms with Crippen LogP contribution in [0.1, 0.15) is 23.7 Å². The Morgan fingerprint density at radius 2 is 2.06 bits per heavy atom. The van der Waals surface area contributed by atoms with Crippen molar-refractivity contribution >= 4 is 17.3 Å². The van der Waals surface area contributed by atoms with Gasteiger partial charge in [0.25, 0.3) is 5.91 Å². The molecule has 1 aromatic rings. The van der Waals surface area contributed by atoms with E-state index in [-0.39, 0.29) is 11.9 Å². The number of ether oxygens (including phenoxy) is 1. The second-order valence-electron chi connectivity index (χ2n) is 4.52. The van der Waals surface area contributed by atoms with Gasteiger partial charge in [-0.1, -0.05) is 6.92 Å². The van der Waals surface area contributed by atoms with Crippen molar-refractivity contribution in [2.24, 2.45) is 0 Å². The standard InChI is InChI=1S/C13H19N3O2/c1-2-12-8-18-4-3-16(12)13(17)9-5-10(14)7-11(15)6-9/h5-7,12H,2-4,8,14-15H2,1H3. The van der Waals surface area contributed by atoms with E-state index in [0.717, 1.165) is 6.42 Å². The predicted octanol–water partition coefficient (Wildman–Crippen LogP) is 1.10. The lowest BCUT2D eigenvalue weighted by Crippen LogP contribution is -2.48. The zero-order chi connectivity index (χ0) is 13.1. The van der Waals surface area contributed by atoms with Gasteiger partial charge in [0.05, 0.1) is 19.3 Å². The fourth-order valence-electron chi connectivity index (χ4n) is 2.23. The molecular weight excluding hydrogens is 230 g/mol. The molecule has 1 unspecified atom stereocenters. The van der Waals surface area contributed by atoms with Crippen LogP contribution in [0.25, 0.3) is 0 Å². The topological polar surface area (TPSA) is 81.6 Å². The molecule has 0 saturated carbocycles. The van der Waals surface area contributed by atoms with Crippen molar-refractivity contribution in [2.75, 3.05) is 31.2 Å². The van der Waals surface area contributed by atoms with E-state index in [0.29, 0.717) is 36.7 Å².